The molecule has 3 aromatic carbocycles. The standard InChI is InChI=1S/C27H21F3N2O3/c1-27(2)20-8-7-16(25(33)31-13-18-9-15-5-3-4-6-24(15)35-18)10-23(20)32(26(27)34)14-19-21(29)11-17(28)12-22(19)30/h3-12H,13-14H2,1-2H3,(H,31,33). The van der Waals surface area contributed by atoms with Crippen LogP contribution in [0.1, 0.15) is 41.1 Å². The number of halogens is 3. The number of nitrogens with one attached hydrogen (secondary N) is 1. The second kappa shape index (κ2) is 8.30. The molecule has 2 amide bonds. The summed E-state index contributed by atoms with van der Waals surface area (Å²) in [4.78, 5) is 27.2. The van der Waals surface area contributed by atoms with E-state index in [1.54, 1.807) is 26.0 Å². The average Bonchev–Trinajstić information content (AvgIpc) is 3.31. The van der Waals surface area contributed by atoms with Gasteiger partial charge < -0.3 is 14.6 Å². The van der Waals surface area contributed by atoms with Gasteiger partial charge in [-0.2, -0.15) is 0 Å². The molecule has 0 bridgehead atoms. The van der Waals surface area contributed by atoms with Crippen LogP contribution in [-0.4, -0.2) is 11.8 Å². The Bertz CT molecular complexity index is 1440. The van der Waals surface area contributed by atoms with E-state index in [0.29, 0.717) is 34.7 Å². The van der Waals surface area contributed by atoms with Crippen molar-refractivity contribution in [1.82, 2.24) is 5.32 Å². The molecular formula is C27H21F3N2O3. The molecule has 1 N–H and O–H groups in total. The van der Waals surface area contributed by atoms with E-state index in [2.05, 4.69) is 5.32 Å². The van der Waals surface area contributed by atoms with Gasteiger partial charge in [0.1, 0.15) is 28.8 Å². The molecule has 1 aromatic heterocycles. The normalized spacial score (nSPS) is 14.4. The SMILES string of the molecule is CC1(C)C(=O)N(Cc2c(F)cc(F)cc2F)c2cc(C(=O)NCc3cc4ccccc4o3)ccc21. The molecule has 0 unspecified atom stereocenters. The topological polar surface area (TPSA) is 62.6 Å². The van der Waals surface area contributed by atoms with Gasteiger partial charge in [0.15, 0.2) is 0 Å². The summed E-state index contributed by atoms with van der Waals surface area (Å²) in [5.41, 5.74) is 0.592. The minimum Gasteiger partial charge on any atom is -0.459 e. The quantitative estimate of drug-likeness (QED) is 0.406. The molecule has 0 atom stereocenters. The van der Waals surface area contributed by atoms with E-state index < -0.39 is 40.9 Å². The minimum absolute atomic E-state index is 0.157. The van der Waals surface area contributed by atoms with Gasteiger partial charge in [-0.25, -0.2) is 13.2 Å². The fourth-order valence-electron chi connectivity index (χ4n) is 4.42. The number of amides is 2. The summed E-state index contributed by atoms with van der Waals surface area (Å²) in [7, 11) is 0. The second-order valence-electron chi connectivity index (χ2n) is 9.03. The van der Waals surface area contributed by atoms with Crippen LogP contribution in [0.3, 0.4) is 0 Å². The first kappa shape index (κ1) is 22.7. The molecule has 1 aliphatic rings. The molecule has 4 aromatic rings. The molecule has 8 heteroatoms. The van der Waals surface area contributed by atoms with Gasteiger partial charge >= 0.3 is 0 Å². The number of furan rings is 1. The van der Waals surface area contributed by atoms with Crippen LogP contribution in [0.5, 0.6) is 0 Å². The van der Waals surface area contributed by atoms with Crippen molar-refractivity contribution >= 4 is 28.5 Å². The number of fused-ring (bicyclic) bond motifs is 2. The highest BCUT2D eigenvalue weighted by Gasteiger charge is 2.44. The fraction of sp³-hybridized carbons (Fsp3) is 0.185. The largest absolute Gasteiger partial charge is 0.459 e. The molecule has 2 heterocycles. The van der Waals surface area contributed by atoms with Crippen molar-refractivity contribution in [1.29, 1.82) is 0 Å². The van der Waals surface area contributed by atoms with E-state index >= 15 is 0 Å². The van der Waals surface area contributed by atoms with Crippen LogP contribution in [0, 0.1) is 17.5 Å². The molecule has 5 rings (SSSR count). The Morgan fingerprint density at radius 2 is 1.71 bits per heavy atom. The van der Waals surface area contributed by atoms with Crippen LogP contribution in [0.25, 0.3) is 11.0 Å². The number of anilines is 1. The minimum atomic E-state index is -1.08. The third-order valence-electron chi connectivity index (χ3n) is 6.33. The molecule has 0 radical (unpaired) electrons. The highest BCUT2D eigenvalue weighted by atomic mass is 19.1. The number of nitrogens with zero attached hydrogens (tertiary/aromatic N) is 1. The summed E-state index contributed by atoms with van der Waals surface area (Å²) in [5, 5.41) is 3.71. The summed E-state index contributed by atoms with van der Waals surface area (Å²) in [6.45, 7) is 3.13. The van der Waals surface area contributed by atoms with Crippen LogP contribution in [0.2, 0.25) is 0 Å². The Balaban J connectivity index is 1.42. The number of benzene rings is 3. The molecule has 0 fully saturated rings. The maximum Gasteiger partial charge on any atom is 0.251 e. The van der Waals surface area contributed by atoms with E-state index in [1.807, 2.05) is 30.3 Å². The smallest absolute Gasteiger partial charge is 0.251 e. The second-order valence-corrected chi connectivity index (χ2v) is 9.03. The van der Waals surface area contributed by atoms with E-state index in [-0.39, 0.29) is 18.0 Å². The van der Waals surface area contributed by atoms with Gasteiger partial charge in [0.05, 0.1) is 18.5 Å². The van der Waals surface area contributed by atoms with Crippen LogP contribution in [-0.2, 0) is 23.3 Å². The first-order chi connectivity index (χ1) is 16.6. The molecule has 178 valence electrons. The van der Waals surface area contributed by atoms with Gasteiger partial charge in [0.2, 0.25) is 5.91 Å². The molecule has 0 aliphatic carbocycles. The highest BCUT2D eigenvalue weighted by molar-refractivity contribution is 6.09. The van der Waals surface area contributed by atoms with Crippen molar-refractivity contribution < 1.29 is 27.2 Å². The van der Waals surface area contributed by atoms with Crippen LogP contribution < -0.4 is 10.2 Å². The number of para-hydroxylation sites is 1. The summed E-state index contributed by atoms with van der Waals surface area (Å²) < 4.78 is 47.7. The molecule has 0 spiro atoms. The highest BCUT2D eigenvalue weighted by Crippen LogP contribution is 2.43. The Morgan fingerprint density at radius 1 is 1.00 bits per heavy atom. The molecule has 0 saturated carbocycles. The Hall–Kier alpha value is -4.07. The van der Waals surface area contributed by atoms with E-state index in [9.17, 15) is 22.8 Å². The lowest BCUT2D eigenvalue weighted by Gasteiger charge is -2.21. The van der Waals surface area contributed by atoms with Gasteiger partial charge in [0.25, 0.3) is 5.91 Å². The molecule has 0 saturated heterocycles. The third kappa shape index (κ3) is 3.95. The van der Waals surface area contributed by atoms with Crippen molar-refractivity contribution in [3.63, 3.8) is 0 Å². The molecule has 35 heavy (non-hydrogen) atoms. The number of hydrogen-bond acceptors (Lipinski definition) is 3. The van der Waals surface area contributed by atoms with Crippen molar-refractivity contribution in [2.24, 2.45) is 0 Å². The van der Waals surface area contributed by atoms with Crippen molar-refractivity contribution in [3.05, 3.63) is 101 Å². The summed E-state index contributed by atoms with van der Waals surface area (Å²) in [6.07, 6.45) is 0. The number of carbonyl (C=O) groups is 2. The Kier molecular flexibility index (Phi) is 5.39. The molecule has 5 nitrogen and oxygen atoms in total. The lowest BCUT2D eigenvalue weighted by molar-refractivity contribution is -0.122. The summed E-state index contributed by atoms with van der Waals surface area (Å²) in [5.74, 6) is -3.40. The van der Waals surface area contributed by atoms with Crippen molar-refractivity contribution in [2.45, 2.75) is 32.4 Å². The maximum absolute atomic E-state index is 14.3. The van der Waals surface area contributed by atoms with Crippen molar-refractivity contribution in [2.75, 3.05) is 4.90 Å². The summed E-state index contributed by atoms with van der Waals surface area (Å²) in [6, 6.07) is 15.3. The third-order valence-corrected chi connectivity index (χ3v) is 6.33. The monoisotopic (exact) mass is 478 g/mol. The Morgan fingerprint density at radius 3 is 2.43 bits per heavy atom. The van der Waals surface area contributed by atoms with Crippen LogP contribution in [0.15, 0.2) is 65.1 Å². The lowest BCUT2D eigenvalue weighted by atomic mass is 9.86. The number of hydrogen-bond donors (Lipinski definition) is 1. The number of rotatable bonds is 5. The predicted molar refractivity (Wildman–Crippen MR) is 124 cm³/mol. The molecular weight excluding hydrogens is 457 g/mol. The van der Waals surface area contributed by atoms with Gasteiger partial charge in [-0.3, -0.25) is 9.59 Å². The average molecular weight is 478 g/mol. The zero-order valence-electron chi connectivity index (χ0n) is 19.0. The first-order valence-corrected chi connectivity index (χ1v) is 11.0. The first-order valence-electron chi connectivity index (χ1n) is 11.0. The van der Waals surface area contributed by atoms with Gasteiger partial charge in [0, 0.05) is 34.3 Å². The van der Waals surface area contributed by atoms with E-state index in [0.717, 1.165) is 5.39 Å². The van der Waals surface area contributed by atoms with E-state index in [1.165, 1.54) is 11.0 Å². The van der Waals surface area contributed by atoms with Gasteiger partial charge in [-0.15, -0.1) is 0 Å². The predicted octanol–water partition coefficient (Wildman–Crippen LogP) is 5.60. The lowest BCUT2D eigenvalue weighted by Crippen LogP contribution is -2.36. The fourth-order valence-corrected chi connectivity index (χ4v) is 4.42. The molecule has 1 aliphatic heterocycles. The van der Waals surface area contributed by atoms with Crippen LogP contribution in [0.4, 0.5) is 18.9 Å². The van der Waals surface area contributed by atoms with E-state index in [4.69, 9.17) is 4.42 Å². The Labute approximate surface area is 199 Å². The zero-order valence-corrected chi connectivity index (χ0v) is 19.0. The van der Waals surface area contributed by atoms with Crippen molar-refractivity contribution in [3.8, 4) is 0 Å². The maximum atomic E-state index is 14.3. The number of carbonyl (C=O) groups excluding carboxylic acids is 2. The van der Waals surface area contributed by atoms with Gasteiger partial charge in [-0.1, -0.05) is 24.3 Å². The van der Waals surface area contributed by atoms with Crippen LogP contribution >= 0.6 is 0 Å². The zero-order chi connectivity index (χ0) is 24.9. The van der Waals surface area contributed by atoms with Gasteiger partial charge in [-0.05, 0) is 43.7 Å². The summed E-state index contributed by atoms with van der Waals surface area (Å²) >= 11 is 0.